The summed E-state index contributed by atoms with van der Waals surface area (Å²) in [5.41, 5.74) is 0. The zero-order valence-electron chi connectivity index (χ0n) is 8.39. The smallest absolute Gasteiger partial charge is 0.113 e. The quantitative estimate of drug-likeness (QED) is 0.751. The molecule has 0 aliphatic heterocycles. The lowest BCUT2D eigenvalue weighted by Gasteiger charge is -2.22. The van der Waals surface area contributed by atoms with E-state index in [-0.39, 0.29) is 12.4 Å². The van der Waals surface area contributed by atoms with Gasteiger partial charge in [0, 0.05) is 6.54 Å². The molecule has 0 amide bonds. The fourth-order valence-corrected chi connectivity index (χ4v) is 2.09. The van der Waals surface area contributed by atoms with E-state index >= 15 is 0 Å². The molecule has 0 heterocycles. The summed E-state index contributed by atoms with van der Waals surface area (Å²) < 4.78 is 13.1. The maximum Gasteiger partial charge on any atom is 0.113 e. The van der Waals surface area contributed by atoms with Crippen molar-refractivity contribution in [2.24, 2.45) is 5.92 Å². The second kappa shape index (κ2) is 7.57. The summed E-state index contributed by atoms with van der Waals surface area (Å²) in [6.07, 6.45) is 6.65. The van der Waals surface area contributed by atoms with Crippen LogP contribution in [0.2, 0.25) is 0 Å². The average Bonchev–Trinajstić information content (AvgIpc) is 2.06. The lowest BCUT2D eigenvalue weighted by Crippen LogP contribution is -2.23. The zero-order chi connectivity index (χ0) is 8.81. The first-order valence-corrected chi connectivity index (χ1v) is 5.11. The van der Waals surface area contributed by atoms with E-state index in [1.807, 2.05) is 7.05 Å². The summed E-state index contributed by atoms with van der Waals surface area (Å²) in [6.45, 7) is 0.524. The van der Waals surface area contributed by atoms with E-state index in [2.05, 4.69) is 5.32 Å². The third kappa shape index (κ3) is 5.48. The third-order valence-electron chi connectivity index (χ3n) is 2.74. The molecular weight excluding hydrogens is 189 g/mol. The second-order valence-corrected chi connectivity index (χ2v) is 3.89. The Labute approximate surface area is 86.9 Å². The molecule has 0 radical (unpaired) electrons. The minimum Gasteiger partial charge on any atom is -0.317 e. The molecule has 1 aliphatic rings. The number of nitrogens with one attached hydrogen (secondary N) is 1. The van der Waals surface area contributed by atoms with E-state index in [4.69, 9.17) is 0 Å². The topological polar surface area (TPSA) is 12.0 Å². The second-order valence-electron chi connectivity index (χ2n) is 3.89. The van der Waals surface area contributed by atoms with Crippen molar-refractivity contribution in [2.75, 3.05) is 13.6 Å². The van der Waals surface area contributed by atoms with Gasteiger partial charge in [0.1, 0.15) is 6.17 Å². The maximum atomic E-state index is 13.1. The Kier molecular flexibility index (Phi) is 7.68. The highest BCUT2D eigenvalue weighted by molar-refractivity contribution is 5.85. The van der Waals surface area contributed by atoms with Crippen LogP contribution in [0, 0.1) is 5.92 Å². The molecule has 0 aromatic carbocycles. The summed E-state index contributed by atoms with van der Waals surface area (Å²) in [4.78, 5) is 0. The van der Waals surface area contributed by atoms with Crippen LogP contribution in [0.3, 0.4) is 0 Å². The molecule has 1 rings (SSSR count). The zero-order valence-corrected chi connectivity index (χ0v) is 9.21. The van der Waals surface area contributed by atoms with Gasteiger partial charge in [-0.2, -0.15) is 0 Å². The van der Waals surface area contributed by atoms with Crippen molar-refractivity contribution >= 4 is 12.4 Å². The predicted molar refractivity (Wildman–Crippen MR) is 57.3 cm³/mol. The van der Waals surface area contributed by atoms with Gasteiger partial charge < -0.3 is 5.32 Å². The van der Waals surface area contributed by atoms with Gasteiger partial charge in [-0.3, -0.25) is 0 Å². The number of halogens is 2. The van der Waals surface area contributed by atoms with Crippen LogP contribution in [0.25, 0.3) is 0 Å². The molecule has 1 fully saturated rings. The Hall–Kier alpha value is 0.180. The van der Waals surface area contributed by atoms with Crippen LogP contribution in [0.4, 0.5) is 4.39 Å². The number of rotatable bonds is 4. The largest absolute Gasteiger partial charge is 0.317 e. The SMILES string of the molecule is CNCC(F)CC1CCCCC1.Cl. The van der Waals surface area contributed by atoms with Gasteiger partial charge in [0.25, 0.3) is 0 Å². The highest BCUT2D eigenvalue weighted by Gasteiger charge is 2.17. The van der Waals surface area contributed by atoms with Crippen molar-refractivity contribution in [3.8, 4) is 0 Å². The van der Waals surface area contributed by atoms with Gasteiger partial charge in [-0.1, -0.05) is 32.1 Å². The van der Waals surface area contributed by atoms with E-state index in [0.29, 0.717) is 12.5 Å². The Morgan fingerprint density at radius 3 is 2.46 bits per heavy atom. The molecule has 1 atom stereocenters. The molecule has 0 aromatic heterocycles. The molecule has 0 saturated heterocycles. The van der Waals surface area contributed by atoms with Crippen LogP contribution in [-0.4, -0.2) is 19.8 Å². The van der Waals surface area contributed by atoms with Crippen molar-refractivity contribution < 1.29 is 4.39 Å². The number of hydrogen-bond donors (Lipinski definition) is 1. The first-order chi connectivity index (χ1) is 5.83. The maximum absolute atomic E-state index is 13.1. The molecule has 0 aromatic rings. The first-order valence-electron chi connectivity index (χ1n) is 5.11. The van der Waals surface area contributed by atoms with Crippen molar-refractivity contribution in [3.05, 3.63) is 0 Å². The van der Waals surface area contributed by atoms with Crippen LogP contribution in [0.15, 0.2) is 0 Å². The van der Waals surface area contributed by atoms with Crippen LogP contribution in [0.5, 0.6) is 0 Å². The molecule has 1 saturated carbocycles. The van der Waals surface area contributed by atoms with E-state index in [1.54, 1.807) is 0 Å². The Morgan fingerprint density at radius 2 is 1.92 bits per heavy atom. The molecule has 3 heteroatoms. The summed E-state index contributed by atoms with van der Waals surface area (Å²) in [5.74, 6) is 0.669. The lowest BCUT2D eigenvalue weighted by atomic mass is 9.86. The van der Waals surface area contributed by atoms with E-state index in [1.165, 1.54) is 32.1 Å². The fourth-order valence-electron chi connectivity index (χ4n) is 2.09. The first kappa shape index (κ1) is 13.2. The van der Waals surface area contributed by atoms with Gasteiger partial charge in [-0.15, -0.1) is 12.4 Å². The van der Waals surface area contributed by atoms with Gasteiger partial charge in [0.2, 0.25) is 0 Å². The fraction of sp³-hybridized carbons (Fsp3) is 1.00. The molecule has 0 bridgehead atoms. The molecule has 1 N–H and O–H groups in total. The van der Waals surface area contributed by atoms with Crippen LogP contribution in [0.1, 0.15) is 38.5 Å². The Morgan fingerprint density at radius 1 is 1.31 bits per heavy atom. The summed E-state index contributed by atoms with van der Waals surface area (Å²) in [6, 6.07) is 0. The molecular formula is C10H21ClFN. The molecule has 1 aliphatic carbocycles. The monoisotopic (exact) mass is 209 g/mol. The highest BCUT2D eigenvalue weighted by Crippen LogP contribution is 2.27. The summed E-state index contributed by atoms with van der Waals surface area (Å²) >= 11 is 0. The molecule has 80 valence electrons. The molecule has 1 unspecified atom stereocenters. The van der Waals surface area contributed by atoms with Crippen molar-refractivity contribution in [1.82, 2.24) is 5.32 Å². The standard InChI is InChI=1S/C10H20FN.ClH/c1-12-8-10(11)7-9-5-3-2-4-6-9;/h9-10,12H,2-8H2,1H3;1H. The van der Waals surface area contributed by atoms with Gasteiger partial charge in [0.15, 0.2) is 0 Å². The van der Waals surface area contributed by atoms with Gasteiger partial charge in [0.05, 0.1) is 0 Å². The normalized spacial score (nSPS) is 20.8. The van der Waals surface area contributed by atoms with Gasteiger partial charge in [-0.05, 0) is 19.4 Å². The van der Waals surface area contributed by atoms with Crippen molar-refractivity contribution in [3.63, 3.8) is 0 Å². The summed E-state index contributed by atoms with van der Waals surface area (Å²) in [7, 11) is 1.81. The van der Waals surface area contributed by atoms with Gasteiger partial charge in [-0.25, -0.2) is 4.39 Å². The Balaban J connectivity index is 0.00000144. The van der Waals surface area contributed by atoms with Gasteiger partial charge >= 0.3 is 0 Å². The van der Waals surface area contributed by atoms with E-state index in [0.717, 1.165) is 6.42 Å². The lowest BCUT2D eigenvalue weighted by molar-refractivity contribution is 0.228. The summed E-state index contributed by atoms with van der Waals surface area (Å²) in [5, 5.41) is 2.88. The van der Waals surface area contributed by atoms with Crippen LogP contribution >= 0.6 is 12.4 Å². The van der Waals surface area contributed by atoms with Crippen LogP contribution in [-0.2, 0) is 0 Å². The highest BCUT2D eigenvalue weighted by atomic mass is 35.5. The van der Waals surface area contributed by atoms with Crippen LogP contribution < -0.4 is 5.32 Å². The minimum absolute atomic E-state index is 0. The predicted octanol–water partition coefficient (Wildman–Crippen LogP) is 2.94. The Bertz CT molecular complexity index is 115. The number of alkyl halides is 1. The van der Waals surface area contributed by atoms with Crippen molar-refractivity contribution in [2.45, 2.75) is 44.7 Å². The average molecular weight is 210 g/mol. The minimum atomic E-state index is -0.627. The molecule has 13 heavy (non-hydrogen) atoms. The molecule has 0 spiro atoms. The van der Waals surface area contributed by atoms with E-state index in [9.17, 15) is 4.39 Å². The third-order valence-corrected chi connectivity index (χ3v) is 2.74. The molecule has 1 nitrogen and oxygen atoms in total. The van der Waals surface area contributed by atoms with E-state index < -0.39 is 6.17 Å². The number of hydrogen-bond acceptors (Lipinski definition) is 1. The van der Waals surface area contributed by atoms with Crippen molar-refractivity contribution in [1.29, 1.82) is 0 Å².